The van der Waals surface area contributed by atoms with E-state index in [-0.39, 0.29) is 6.04 Å². The van der Waals surface area contributed by atoms with Crippen LogP contribution in [-0.2, 0) is 7.05 Å². The third-order valence-electron chi connectivity index (χ3n) is 3.59. The second-order valence-electron chi connectivity index (χ2n) is 5.10. The quantitative estimate of drug-likeness (QED) is 0.911. The van der Waals surface area contributed by atoms with E-state index >= 15 is 0 Å². The van der Waals surface area contributed by atoms with Crippen LogP contribution in [0.3, 0.4) is 0 Å². The predicted octanol–water partition coefficient (Wildman–Crippen LogP) is 2.87. The first-order valence-electron chi connectivity index (χ1n) is 7.03. The average Bonchev–Trinajstić information content (AvgIpc) is 2.70. The molecule has 20 heavy (non-hydrogen) atoms. The van der Waals surface area contributed by atoms with Crippen LogP contribution in [0.25, 0.3) is 0 Å². The van der Waals surface area contributed by atoms with Crippen LogP contribution in [0.1, 0.15) is 41.9 Å². The van der Waals surface area contributed by atoms with E-state index in [1.807, 2.05) is 49.8 Å². The summed E-state index contributed by atoms with van der Waals surface area (Å²) in [7, 11) is 1.94. The van der Waals surface area contributed by atoms with Gasteiger partial charge in [-0.2, -0.15) is 5.10 Å². The smallest absolute Gasteiger partial charge is 0.119 e. The first-order valence-corrected chi connectivity index (χ1v) is 7.03. The van der Waals surface area contributed by atoms with Gasteiger partial charge in [0.25, 0.3) is 0 Å². The molecule has 108 valence electrons. The zero-order chi connectivity index (χ0) is 14.7. The van der Waals surface area contributed by atoms with E-state index in [0.717, 1.165) is 41.3 Å². The van der Waals surface area contributed by atoms with Gasteiger partial charge in [-0.25, -0.2) is 0 Å². The maximum absolute atomic E-state index is 6.39. The molecule has 2 N–H and O–H groups in total. The molecule has 2 aromatic rings. The Bertz CT molecular complexity index is 572. The molecule has 0 radical (unpaired) electrons. The Morgan fingerprint density at radius 3 is 2.40 bits per heavy atom. The van der Waals surface area contributed by atoms with Crippen molar-refractivity contribution in [2.24, 2.45) is 12.8 Å². The van der Waals surface area contributed by atoms with E-state index in [2.05, 4.69) is 12.0 Å². The molecule has 1 heterocycles. The Morgan fingerprint density at radius 2 is 1.90 bits per heavy atom. The number of rotatable bonds is 5. The maximum Gasteiger partial charge on any atom is 0.119 e. The normalized spacial score (nSPS) is 12.4. The zero-order valence-electron chi connectivity index (χ0n) is 12.7. The average molecular weight is 273 g/mol. The number of ether oxygens (including phenoxy) is 1. The van der Waals surface area contributed by atoms with Crippen LogP contribution in [-0.4, -0.2) is 16.4 Å². The number of nitrogens with zero attached hydrogens (tertiary/aromatic N) is 2. The fourth-order valence-corrected chi connectivity index (χ4v) is 2.40. The third kappa shape index (κ3) is 2.85. The molecule has 1 atom stereocenters. The van der Waals surface area contributed by atoms with Crippen LogP contribution in [0, 0.1) is 13.8 Å². The lowest BCUT2D eigenvalue weighted by Gasteiger charge is -2.14. The molecule has 1 aromatic heterocycles. The first kappa shape index (κ1) is 14.6. The molecule has 2 rings (SSSR count). The highest BCUT2D eigenvalue weighted by Crippen LogP contribution is 2.26. The molecule has 0 aliphatic carbocycles. The minimum absolute atomic E-state index is 0.149. The van der Waals surface area contributed by atoms with Gasteiger partial charge in [-0.1, -0.05) is 19.1 Å². The highest BCUT2D eigenvalue weighted by molar-refractivity contribution is 5.38. The van der Waals surface area contributed by atoms with Crippen LogP contribution in [0.4, 0.5) is 0 Å². The van der Waals surface area contributed by atoms with Gasteiger partial charge in [-0.3, -0.25) is 4.68 Å². The van der Waals surface area contributed by atoms with Gasteiger partial charge in [-0.05, 0) is 38.0 Å². The summed E-state index contributed by atoms with van der Waals surface area (Å²) in [5.74, 6) is 0.891. The van der Waals surface area contributed by atoms with Crippen molar-refractivity contribution in [3.63, 3.8) is 0 Å². The predicted molar refractivity (Wildman–Crippen MR) is 80.9 cm³/mol. The summed E-state index contributed by atoms with van der Waals surface area (Å²) >= 11 is 0. The Balaban J connectivity index is 2.22. The lowest BCUT2D eigenvalue weighted by Crippen LogP contribution is -2.14. The molecule has 0 fully saturated rings. The van der Waals surface area contributed by atoms with Gasteiger partial charge in [0.1, 0.15) is 5.75 Å². The molecule has 1 unspecified atom stereocenters. The number of hydrogen-bond acceptors (Lipinski definition) is 3. The molecule has 0 amide bonds. The van der Waals surface area contributed by atoms with Crippen LogP contribution < -0.4 is 10.5 Å². The molecular formula is C16H23N3O. The molecular weight excluding hydrogens is 250 g/mol. The van der Waals surface area contributed by atoms with Gasteiger partial charge in [0, 0.05) is 18.3 Å². The Morgan fingerprint density at radius 1 is 1.25 bits per heavy atom. The monoisotopic (exact) mass is 273 g/mol. The van der Waals surface area contributed by atoms with E-state index in [0.29, 0.717) is 0 Å². The highest BCUT2D eigenvalue weighted by atomic mass is 16.5. The van der Waals surface area contributed by atoms with Crippen molar-refractivity contribution >= 4 is 0 Å². The van der Waals surface area contributed by atoms with Crippen molar-refractivity contribution in [2.45, 2.75) is 33.2 Å². The molecule has 0 aliphatic heterocycles. The summed E-state index contributed by atoms with van der Waals surface area (Å²) in [5.41, 5.74) is 10.7. The summed E-state index contributed by atoms with van der Waals surface area (Å²) in [6, 6.07) is 7.87. The highest BCUT2D eigenvalue weighted by Gasteiger charge is 2.18. The topological polar surface area (TPSA) is 53.1 Å². The Hall–Kier alpha value is -1.81. The molecule has 4 nitrogen and oxygen atoms in total. The van der Waals surface area contributed by atoms with Gasteiger partial charge >= 0.3 is 0 Å². The van der Waals surface area contributed by atoms with Crippen molar-refractivity contribution in [2.75, 3.05) is 6.61 Å². The first-order chi connectivity index (χ1) is 9.54. The number of aromatic nitrogens is 2. The third-order valence-corrected chi connectivity index (χ3v) is 3.59. The zero-order valence-corrected chi connectivity index (χ0v) is 12.7. The minimum Gasteiger partial charge on any atom is -0.494 e. The lowest BCUT2D eigenvalue weighted by molar-refractivity contribution is 0.317. The van der Waals surface area contributed by atoms with Crippen LogP contribution in [0.2, 0.25) is 0 Å². The van der Waals surface area contributed by atoms with Gasteiger partial charge in [-0.15, -0.1) is 0 Å². The number of hydrogen-bond donors (Lipinski definition) is 1. The van der Waals surface area contributed by atoms with E-state index in [1.165, 1.54) is 0 Å². The molecule has 0 aliphatic rings. The Labute approximate surface area is 120 Å². The van der Waals surface area contributed by atoms with E-state index in [4.69, 9.17) is 10.5 Å². The molecule has 4 heteroatoms. The summed E-state index contributed by atoms with van der Waals surface area (Å²) < 4.78 is 7.47. The molecule has 0 saturated heterocycles. The lowest BCUT2D eigenvalue weighted by atomic mass is 9.98. The van der Waals surface area contributed by atoms with Crippen molar-refractivity contribution in [3.05, 3.63) is 46.8 Å². The summed E-state index contributed by atoms with van der Waals surface area (Å²) in [5, 5.41) is 4.43. The van der Waals surface area contributed by atoms with Crippen molar-refractivity contribution < 1.29 is 4.74 Å². The second-order valence-corrected chi connectivity index (χ2v) is 5.10. The van der Waals surface area contributed by atoms with Gasteiger partial charge in [0.15, 0.2) is 0 Å². The summed E-state index contributed by atoms with van der Waals surface area (Å²) in [6.45, 7) is 6.89. The Kier molecular flexibility index (Phi) is 4.45. The van der Waals surface area contributed by atoms with Gasteiger partial charge in [0.2, 0.25) is 0 Å². The van der Waals surface area contributed by atoms with Crippen molar-refractivity contribution in [3.8, 4) is 5.75 Å². The van der Waals surface area contributed by atoms with Gasteiger partial charge < -0.3 is 10.5 Å². The molecule has 0 spiro atoms. The van der Waals surface area contributed by atoms with Crippen LogP contribution in [0.5, 0.6) is 5.75 Å². The van der Waals surface area contributed by atoms with Gasteiger partial charge in [0.05, 0.1) is 18.3 Å². The fourth-order valence-electron chi connectivity index (χ4n) is 2.40. The second kappa shape index (κ2) is 6.09. The summed E-state index contributed by atoms with van der Waals surface area (Å²) in [6.07, 6.45) is 1.01. The summed E-state index contributed by atoms with van der Waals surface area (Å²) in [4.78, 5) is 0. The van der Waals surface area contributed by atoms with Crippen molar-refractivity contribution in [1.29, 1.82) is 0 Å². The van der Waals surface area contributed by atoms with Crippen LogP contribution >= 0.6 is 0 Å². The fraction of sp³-hybridized carbons (Fsp3) is 0.438. The SMILES string of the molecule is CCCOc1ccc(C(N)c2c(C)nn(C)c2C)cc1. The molecule has 0 saturated carbocycles. The molecule has 1 aromatic carbocycles. The van der Waals surface area contributed by atoms with Crippen LogP contribution in [0.15, 0.2) is 24.3 Å². The minimum atomic E-state index is -0.149. The van der Waals surface area contributed by atoms with E-state index in [9.17, 15) is 0 Å². The number of benzene rings is 1. The van der Waals surface area contributed by atoms with E-state index < -0.39 is 0 Å². The number of aryl methyl sites for hydroxylation is 2. The maximum atomic E-state index is 6.39. The standard InChI is InChI=1S/C16H23N3O/c1-5-10-20-14-8-6-13(7-9-14)16(17)15-11(2)18-19(4)12(15)3/h6-9,16H,5,10,17H2,1-4H3. The number of nitrogens with two attached hydrogens (primary N) is 1. The van der Waals surface area contributed by atoms with Crippen molar-refractivity contribution in [1.82, 2.24) is 9.78 Å². The molecule has 0 bridgehead atoms. The largest absolute Gasteiger partial charge is 0.494 e. The van der Waals surface area contributed by atoms with E-state index in [1.54, 1.807) is 0 Å².